The molecule has 17 heavy (non-hydrogen) atoms. The number of nitrogens with one attached hydrogen (secondary N) is 2. The van der Waals surface area contributed by atoms with Gasteiger partial charge in [-0.3, -0.25) is 5.41 Å². The monoisotopic (exact) mass is 252 g/mol. The third-order valence-electron chi connectivity index (χ3n) is 2.26. The third kappa shape index (κ3) is 4.87. The van der Waals surface area contributed by atoms with E-state index < -0.39 is 0 Å². The topological polar surface area (TPSA) is 74.3 Å². The molecule has 0 heterocycles. The minimum absolute atomic E-state index is 0.159. The van der Waals surface area contributed by atoms with E-state index in [0.29, 0.717) is 5.02 Å². The van der Waals surface area contributed by atoms with Gasteiger partial charge in [0.1, 0.15) is 0 Å². The maximum Gasteiger partial charge on any atom is 0.206 e. The zero-order valence-electron chi connectivity index (χ0n) is 9.83. The molecule has 0 aliphatic carbocycles. The lowest BCUT2D eigenvalue weighted by atomic mass is 10.1. The zero-order valence-corrected chi connectivity index (χ0v) is 10.6. The van der Waals surface area contributed by atoms with Gasteiger partial charge in [-0.15, -0.1) is 0 Å². The minimum Gasteiger partial charge on any atom is -0.369 e. The number of halogens is 1. The number of rotatable bonds is 5. The molecular formula is C12H17ClN4. The summed E-state index contributed by atoms with van der Waals surface area (Å²) in [4.78, 5) is 0. The fourth-order valence-corrected chi connectivity index (χ4v) is 1.50. The van der Waals surface area contributed by atoms with Crippen molar-refractivity contribution in [2.24, 2.45) is 10.8 Å². The van der Waals surface area contributed by atoms with Crippen molar-refractivity contribution in [1.82, 2.24) is 5.43 Å². The quantitative estimate of drug-likeness (QED) is 0.428. The maximum absolute atomic E-state index is 7.10. The van der Waals surface area contributed by atoms with E-state index in [1.54, 1.807) is 0 Å². The molecule has 0 unspecified atom stereocenters. The molecular weight excluding hydrogens is 236 g/mol. The summed E-state index contributed by atoms with van der Waals surface area (Å²) in [6, 6.07) is 7.48. The summed E-state index contributed by atoms with van der Waals surface area (Å²) in [6.45, 7) is 2.12. The molecule has 1 rings (SSSR count). The van der Waals surface area contributed by atoms with Crippen LogP contribution < -0.4 is 11.2 Å². The second-order valence-corrected chi connectivity index (χ2v) is 4.13. The fourth-order valence-electron chi connectivity index (χ4n) is 1.38. The van der Waals surface area contributed by atoms with Crippen molar-refractivity contribution in [3.63, 3.8) is 0 Å². The van der Waals surface area contributed by atoms with E-state index in [1.807, 2.05) is 24.3 Å². The van der Waals surface area contributed by atoms with E-state index in [1.165, 1.54) is 0 Å². The Balaban J connectivity index is 2.84. The number of benzene rings is 1. The van der Waals surface area contributed by atoms with Gasteiger partial charge in [-0.1, -0.05) is 37.1 Å². The first-order valence-electron chi connectivity index (χ1n) is 5.56. The van der Waals surface area contributed by atoms with Gasteiger partial charge in [-0.05, 0) is 30.5 Å². The van der Waals surface area contributed by atoms with Crippen LogP contribution in [0, 0.1) is 5.41 Å². The minimum atomic E-state index is -0.159. The first kappa shape index (κ1) is 13.5. The highest BCUT2D eigenvalue weighted by molar-refractivity contribution is 6.30. The van der Waals surface area contributed by atoms with E-state index in [0.717, 1.165) is 30.5 Å². The van der Waals surface area contributed by atoms with Gasteiger partial charge in [0.25, 0.3) is 0 Å². The summed E-state index contributed by atoms with van der Waals surface area (Å²) in [6.07, 6.45) is 2.98. The van der Waals surface area contributed by atoms with Crippen molar-refractivity contribution in [2.45, 2.75) is 26.2 Å². The molecule has 92 valence electrons. The van der Waals surface area contributed by atoms with Crippen molar-refractivity contribution in [3.8, 4) is 0 Å². The highest BCUT2D eigenvalue weighted by Crippen LogP contribution is 2.13. The van der Waals surface area contributed by atoms with Crippen molar-refractivity contribution in [3.05, 3.63) is 34.9 Å². The highest BCUT2D eigenvalue weighted by atomic mass is 35.5. The largest absolute Gasteiger partial charge is 0.369 e. The Kier molecular flexibility index (Phi) is 5.49. The highest BCUT2D eigenvalue weighted by Gasteiger charge is 2.03. The molecule has 0 bridgehead atoms. The van der Waals surface area contributed by atoms with Crippen LogP contribution in [-0.4, -0.2) is 11.7 Å². The molecule has 0 fully saturated rings. The summed E-state index contributed by atoms with van der Waals surface area (Å²) in [7, 11) is 0. The SMILES string of the molecule is CCCC/C(=N\NC(=N)N)c1ccc(Cl)cc1. The normalized spacial score (nSPS) is 11.3. The Morgan fingerprint density at radius 1 is 1.41 bits per heavy atom. The molecule has 0 saturated carbocycles. The molecule has 4 nitrogen and oxygen atoms in total. The molecule has 0 aromatic heterocycles. The van der Waals surface area contributed by atoms with Crippen LogP contribution in [0.25, 0.3) is 0 Å². The van der Waals surface area contributed by atoms with E-state index >= 15 is 0 Å². The molecule has 0 aliphatic rings. The van der Waals surface area contributed by atoms with Crippen molar-refractivity contribution < 1.29 is 0 Å². The van der Waals surface area contributed by atoms with Crippen LogP contribution in [0.5, 0.6) is 0 Å². The summed E-state index contributed by atoms with van der Waals surface area (Å²) in [5, 5.41) is 11.9. The number of nitrogens with two attached hydrogens (primary N) is 1. The lowest BCUT2D eigenvalue weighted by molar-refractivity contribution is 0.827. The lowest BCUT2D eigenvalue weighted by Crippen LogP contribution is -2.27. The van der Waals surface area contributed by atoms with Gasteiger partial charge in [-0.25, -0.2) is 5.43 Å². The van der Waals surface area contributed by atoms with Gasteiger partial charge < -0.3 is 5.73 Å². The Morgan fingerprint density at radius 3 is 2.59 bits per heavy atom. The Hall–Kier alpha value is -1.55. The smallest absolute Gasteiger partial charge is 0.206 e. The Labute approximate surface area is 106 Å². The third-order valence-corrected chi connectivity index (χ3v) is 2.51. The first-order chi connectivity index (χ1) is 8.13. The van der Waals surface area contributed by atoms with Crippen LogP contribution in [0.4, 0.5) is 0 Å². The van der Waals surface area contributed by atoms with Crippen LogP contribution in [0.2, 0.25) is 5.02 Å². The number of unbranched alkanes of at least 4 members (excludes halogenated alkanes) is 1. The van der Waals surface area contributed by atoms with Gasteiger partial charge in [0, 0.05) is 5.02 Å². The predicted molar refractivity (Wildman–Crippen MR) is 72.6 cm³/mol. The summed E-state index contributed by atoms with van der Waals surface area (Å²) in [5.74, 6) is -0.159. The lowest BCUT2D eigenvalue weighted by Gasteiger charge is -2.07. The molecule has 0 aliphatic heterocycles. The van der Waals surface area contributed by atoms with Crippen molar-refractivity contribution in [2.75, 3.05) is 0 Å². The number of hydrogen-bond donors (Lipinski definition) is 3. The van der Waals surface area contributed by atoms with Crippen LogP contribution >= 0.6 is 11.6 Å². The number of guanidine groups is 1. The van der Waals surface area contributed by atoms with E-state index in [2.05, 4.69) is 17.5 Å². The molecule has 0 spiro atoms. The molecule has 1 aromatic carbocycles. The van der Waals surface area contributed by atoms with Crippen LogP contribution in [0.15, 0.2) is 29.4 Å². The van der Waals surface area contributed by atoms with Gasteiger partial charge in [-0.2, -0.15) is 5.10 Å². The summed E-state index contributed by atoms with van der Waals surface area (Å²) in [5.41, 5.74) is 9.58. The average molecular weight is 253 g/mol. The zero-order chi connectivity index (χ0) is 12.7. The Morgan fingerprint density at radius 2 is 2.06 bits per heavy atom. The first-order valence-corrected chi connectivity index (χ1v) is 5.93. The van der Waals surface area contributed by atoms with Crippen LogP contribution in [0.3, 0.4) is 0 Å². The van der Waals surface area contributed by atoms with Gasteiger partial charge in [0.2, 0.25) is 5.96 Å². The second-order valence-electron chi connectivity index (χ2n) is 3.69. The molecule has 5 heteroatoms. The van der Waals surface area contributed by atoms with E-state index in [-0.39, 0.29) is 5.96 Å². The van der Waals surface area contributed by atoms with Crippen LogP contribution in [0.1, 0.15) is 31.7 Å². The van der Waals surface area contributed by atoms with Gasteiger partial charge in [0.15, 0.2) is 0 Å². The number of hydrogen-bond acceptors (Lipinski definition) is 2. The maximum atomic E-state index is 7.10. The van der Waals surface area contributed by atoms with Crippen molar-refractivity contribution >= 4 is 23.3 Å². The van der Waals surface area contributed by atoms with Crippen molar-refractivity contribution in [1.29, 1.82) is 5.41 Å². The molecule has 0 saturated heterocycles. The van der Waals surface area contributed by atoms with Gasteiger partial charge in [0.05, 0.1) is 5.71 Å². The Bertz CT molecular complexity index is 397. The molecule has 0 atom stereocenters. The number of hydrazone groups is 1. The summed E-state index contributed by atoms with van der Waals surface area (Å²) < 4.78 is 0. The predicted octanol–water partition coefficient (Wildman–Crippen LogP) is 2.72. The molecule has 0 amide bonds. The number of nitrogens with zero attached hydrogens (tertiary/aromatic N) is 1. The molecule has 0 radical (unpaired) electrons. The van der Waals surface area contributed by atoms with Gasteiger partial charge >= 0.3 is 0 Å². The standard InChI is InChI=1S/C12H17ClN4/c1-2-3-4-11(16-17-12(14)15)9-5-7-10(13)8-6-9/h5-8H,2-4H2,1H3,(H4,14,15,17)/b16-11+. The molecule has 1 aromatic rings. The summed E-state index contributed by atoms with van der Waals surface area (Å²) >= 11 is 5.84. The van der Waals surface area contributed by atoms with E-state index in [9.17, 15) is 0 Å². The fraction of sp³-hybridized carbons (Fsp3) is 0.333. The van der Waals surface area contributed by atoms with Crippen LogP contribution in [-0.2, 0) is 0 Å². The average Bonchev–Trinajstić information content (AvgIpc) is 2.30. The second kappa shape index (κ2) is 6.91. The van der Waals surface area contributed by atoms with E-state index in [4.69, 9.17) is 22.7 Å². The molecule has 4 N–H and O–H groups in total.